The van der Waals surface area contributed by atoms with Gasteiger partial charge in [-0.15, -0.1) is 0 Å². The zero-order chi connectivity index (χ0) is 57.2. The molecule has 0 aliphatic rings. The first-order chi connectivity index (χ1) is 32.3. The number of carboxylic acids is 8. The van der Waals surface area contributed by atoms with Gasteiger partial charge in [-0.2, -0.15) is 8.42 Å². The molecule has 27 N–H and O–H groups in total. The molecule has 0 saturated heterocycles. The van der Waals surface area contributed by atoms with Crippen molar-refractivity contribution in [1.82, 2.24) is 15.6 Å². The van der Waals surface area contributed by atoms with E-state index in [0.29, 0.717) is 38.6 Å². The van der Waals surface area contributed by atoms with Crippen molar-refractivity contribution in [3.05, 3.63) is 10.1 Å². The number of carboxylic acid groups (broad SMARTS) is 8. The van der Waals surface area contributed by atoms with Crippen LogP contribution in [-0.4, -0.2) is 222 Å². The second-order valence-electron chi connectivity index (χ2n) is 14.8. The van der Waals surface area contributed by atoms with E-state index in [9.17, 15) is 56.9 Å². The van der Waals surface area contributed by atoms with Gasteiger partial charge in [0.05, 0.1) is 6.61 Å². The molecular weight excluding hydrogens is 989 g/mol. The molecule has 0 aromatic heterocycles. The molecule has 7 atom stereocenters. The van der Waals surface area contributed by atoms with Gasteiger partial charge in [0.25, 0.3) is 16.1 Å². The number of hydrogen-bond donors (Lipinski definition) is 20. The fraction of sp³-hybridized carbons (Fsp3) is 0.743. The van der Waals surface area contributed by atoms with E-state index >= 15 is 0 Å². The molecular formula is C35H74N12O23S. The predicted octanol–water partition coefficient (Wildman–Crippen LogP) is -6.66. The summed E-state index contributed by atoms with van der Waals surface area (Å²) in [6.45, 7) is 2.04. The number of nitrogens with one attached hydrogen (secondary N) is 2. The normalized spacial score (nSPS) is 14.1. The molecule has 36 heteroatoms. The highest BCUT2D eigenvalue weighted by molar-refractivity contribution is 7.85. The quantitative estimate of drug-likeness (QED) is 0.00794. The Balaban J connectivity index is -0.000000184. The number of hydrogen-bond acceptors (Lipinski definition) is 23. The van der Waals surface area contributed by atoms with E-state index in [0.717, 1.165) is 19.4 Å². The molecule has 0 aliphatic carbocycles. The minimum absolute atomic E-state index is 0.0132. The van der Waals surface area contributed by atoms with E-state index in [1.807, 2.05) is 14.1 Å². The van der Waals surface area contributed by atoms with Crippen LogP contribution in [0, 0.1) is 10.1 Å². The molecule has 418 valence electrons. The predicted molar refractivity (Wildman–Crippen MR) is 247 cm³/mol. The average Bonchev–Trinajstić information content (AvgIpc) is 3.23. The third-order valence-corrected chi connectivity index (χ3v) is 8.57. The lowest BCUT2D eigenvalue weighted by atomic mass is 10.1. The van der Waals surface area contributed by atoms with Gasteiger partial charge >= 0.3 is 47.8 Å². The maximum Gasteiger partial charge on any atom is 0.333 e. The average molecular weight is 1060 g/mol. The highest BCUT2D eigenvalue weighted by Crippen LogP contribution is 2.02. The summed E-state index contributed by atoms with van der Waals surface area (Å²) in [6.07, 6.45) is 2.96. The first kappa shape index (κ1) is 76.4. The number of guanidine groups is 1. The summed E-state index contributed by atoms with van der Waals surface area (Å²) in [5.41, 5.74) is 35.6. The minimum Gasteiger partial charge on any atom is -0.481 e. The summed E-state index contributed by atoms with van der Waals surface area (Å²) in [5.74, 6) is -10.4. The van der Waals surface area contributed by atoms with Crippen LogP contribution in [0.5, 0.6) is 0 Å². The number of nitrogens with two attached hydrogens (primary N) is 7. The van der Waals surface area contributed by atoms with Crippen molar-refractivity contribution in [2.24, 2.45) is 45.1 Å². The second-order valence-corrected chi connectivity index (χ2v) is 16.3. The molecule has 0 saturated carbocycles. The number of carbonyl (C=O) groups is 8. The summed E-state index contributed by atoms with van der Waals surface area (Å²) >= 11 is 0. The van der Waals surface area contributed by atoms with Crippen LogP contribution in [0.25, 0.3) is 0 Å². The number of hydrazine groups is 1. The molecule has 35 nitrogen and oxygen atoms in total. The van der Waals surface area contributed by atoms with Crippen molar-refractivity contribution in [2.75, 3.05) is 52.6 Å². The molecule has 0 amide bonds. The highest BCUT2D eigenvalue weighted by atomic mass is 32.2. The van der Waals surface area contributed by atoms with Crippen LogP contribution in [0.1, 0.15) is 71.1 Å². The molecule has 0 aromatic carbocycles. The van der Waals surface area contributed by atoms with Crippen molar-refractivity contribution < 1.29 is 107 Å². The molecule has 0 bridgehead atoms. The van der Waals surface area contributed by atoms with Gasteiger partial charge in [0.2, 0.25) is 0 Å². The number of aliphatic carboxylic acids is 8. The third-order valence-electron chi connectivity index (χ3n) is 7.79. The van der Waals surface area contributed by atoms with Gasteiger partial charge in [-0.25, -0.2) is 19.9 Å². The van der Waals surface area contributed by atoms with E-state index in [2.05, 4.69) is 15.2 Å². The number of unbranched alkanes of at least 4 members (excludes halogenated alkanes) is 2. The molecule has 0 aromatic rings. The fourth-order valence-corrected chi connectivity index (χ4v) is 4.21. The molecule has 0 heterocycles. The van der Waals surface area contributed by atoms with Gasteiger partial charge < -0.3 is 101 Å². The van der Waals surface area contributed by atoms with Crippen LogP contribution in [0.2, 0.25) is 0 Å². The van der Waals surface area contributed by atoms with Gasteiger partial charge in [0, 0.05) is 19.5 Å². The number of rotatable bonds is 30. The van der Waals surface area contributed by atoms with Gasteiger partial charge in [-0.05, 0) is 79.1 Å². The Kier molecular flexibility index (Phi) is 47.3. The van der Waals surface area contributed by atoms with Crippen molar-refractivity contribution in [3.8, 4) is 0 Å². The minimum atomic E-state index is -4.27. The first-order valence-corrected chi connectivity index (χ1v) is 22.1. The van der Waals surface area contributed by atoms with Crippen LogP contribution in [0.15, 0.2) is 4.99 Å². The Morgan fingerprint density at radius 1 is 0.718 bits per heavy atom. The lowest BCUT2D eigenvalue weighted by Gasteiger charge is -2.13. The summed E-state index contributed by atoms with van der Waals surface area (Å²) in [7, 11) is -0.280. The van der Waals surface area contributed by atoms with Gasteiger partial charge in [-0.3, -0.25) is 38.1 Å². The van der Waals surface area contributed by atoms with Gasteiger partial charge in [0.15, 0.2) is 11.1 Å². The van der Waals surface area contributed by atoms with E-state index < -0.39 is 117 Å². The van der Waals surface area contributed by atoms with Crippen molar-refractivity contribution in [2.45, 2.75) is 113 Å². The molecule has 71 heavy (non-hydrogen) atoms. The SMILES string of the molecule is CN(C)CCCCC(N)C(=O)O.C[C@](N)(CO)C(=O)O.NC(=NCCCC(N)C(=O)O)N[N+](=O)[O-].NC(CCCCNC(CCC(=O)O)C(=O)O)C(=O)O.NCC(O)C(=O)O.N[C@@H](CS(=O)(=O)O)C(=O)O. The zero-order valence-corrected chi connectivity index (χ0v) is 40.2. The lowest BCUT2D eigenvalue weighted by Crippen LogP contribution is -2.48. The molecule has 5 unspecified atom stereocenters. The van der Waals surface area contributed by atoms with Crippen molar-refractivity contribution in [1.29, 1.82) is 0 Å². The fourth-order valence-electron chi connectivity index (χ4n) is 3.62. The molecule has 0 aliphatic heterocycles. The van der Waals surface area contributed by atoms with Gasteiger partial charge in [0.1, 0.15) is 41.5 Å². The maximum atomic E-state index is 10.8. The van der Waals surface area contributed by atoms with Crippen LogP contribution < -0.4 is 50.9 Å². The van der Waals surface area contributed by atoms with Crippen LogP contribution in [-0.2, 0) is 48.5 Å². The van der Waals surface area contributed by atoms with Crippen LogP contribution in [0.4, 0.5) is 0 Å². The number of aliphatic hydroxyl groups excluding tert-OH is 2. The van der Waals surface area contributed by atoms with E-state index in [1.54, 1.807) is 5.43 Å². The number of aliphatic imine (C=N–C) groups is 1. The molecule has 0 radical (unpaired) electrons. The lowest BCUT2D eigenvalue weighted by molar-refractivity contribution is -0.525. The van der Waals surface area contributed by atoms with E-state index in [1.165, 1.54) is 6.92 Å². The van der Waals surface area contributed by atoms with E-state index in [-0.39, 0.29) is 38.3 Å². The summed E-state index contributed by atoms with van der Waals surface area (Å²) < 4.78 is 28.0. The first-order valence-electron chi connectivity index (χ1n) is 20.5. The van der Waals surface area contributed by atoms with Crippen molar-refractivity contribution >= 4 is 63.8 Å². The third kappa shape index (κ3) is 58.2. The monoisotopic (exact) mass is 1060 g/mol. The largest absolute Gasteiger partial charge is 0.481 e. The Bertz CT molecular complexity index is 1730. The Morgan fingerprint density at radius 2 is 1.14 bits per heavy atom. The summed E-state index contributed by atoms with van der Waals surface area (Å²) in [4.78, 5) is 97.2. The van der Waals surface area contributed by atoms with Gasteiger partial charge in [-0.1, -0.05) is 18.3 Å². The topological polar surface area (TPSA) is 658 Å². The molecule has 0 spiro atoms. The summed E-state index contributed by atoms with van der Waals surface area (Å²) in [6, 6.07) is -4.99. The van der Waals surface area contributed by atoms with Crippen LogP contribution in [0.3, 0.4) is 0 Å². The standard InChI is InChI=1S/C11H20N2O6.C8H18N2O2.C6H13N5O4.C4H9NO3.C3H7NO5S.C3H7NO3/c12-7(10(16)17)3-1-2-6-13-8(11(18)19)4-5-9(14)15;1-10(2)6-4-3-5-7(9)8(11)12;7-4(5(12)13)2-1-3-9-6(8)10-11(14)15;1-4(5,2-6)3(7)8;4-2(3(5)6)1-10(7,8)9;4-1-2(5)3(6)7/h7-8,13H,1-6,12H2,(H,14,15)(H,16,17)(H,18,19);7H,3-6,9H2,1-2H3,(H,11,12);4H,1-3,7H2,(H,12,13)(H3,8,9,10);6H,2,5H2,1H3,(H,7,8);2H,1,4H2,(H,5,6)(H,7,8,9);2,5H,1,4H2,(H,6,7)/t;;;4-;2-;/m...00./s1. The molecule has 0 fully saturated rings. The highest BCUT2D eigenvalue weighted by Gasteiger charge is 2.26. The maximum absolute atomic E-state index is 10.8. The Morgan fingerprint density at radius 3 is 1.41 bits per heavy atom. The Hall–Kier alpha value is -6.06. The van der Waals surface area contributed by atoms with Crippen LogP contribution >= 0.6 is 0 Å². The second kappa shape index (κ2) is 43.9. The van der Waals surface area contributed by atoms with Crippen molar-refractivity contribution in [3.63, 3.8) is 0 Å². The number of nitro groups is 1. The molecule has 0 rings (SSSR count). The van der Waals surface area contributed by atoms with E-state index in [4.69, 9.17) is 95.8 Å². The number of nitrogens with zero attached hydrogens (tertiary/aromatic N) is 3. The summed E-state index contributed by atoms with van der Waals surface area (Å²) in [5, 5.41) is 95.0. The smallest absolute Gasteiger partial charge is 0.333 e. The number of aliphatic hydroxyl groups is 2. The zero-order valence-electron chi connectivity index (χ0n) is 39.4. The Labute approximate surface area is 407 Å².